The van der Waals surface area contributed by atoms with Gasteiger partial charge < -0.3 is 0 Å². The summed E-state index contributed by atoms with van der Waals surface area (Å²) in [5.74, 6) is 1.76. The van der Waals surface area contributed by atoms with Gasteiger partial charge in [0.1, 0.15) is 0 Å². The molecule has 0 bridgehead atoms. The van der Waals surface area contributed by atoms with Crippen LogP contribution in [0.3, 0.4) is 0 Å². The van der Waals surface area contributed by atoms with E-state index in [1.807, 2.05) is 176 Å². The fraction of sp³-hybridized carbons (Fsp3) is 0. The first kappa shape index (κ1) is 36.5. The van der Waals surface area contributed by atoms with Gasteiger partial charge in [0, 0.05) is 0 Å². The Bertz CT molecular complexity index is 2920. The summed E-state index contributed by atoms with van der Waals surface area (Å²) >= 11 is -3.11. The third kappa shape index (κ3) is 7.65. The van der Waals surface area contributed by atoms with E-state index in [2.05, 4.69) is 0 Å². The molecule has 0 radical (unpaired) electrons. The molecule has 0 spiro atoms. The van der Waals surface area contributed by atoms with Crippen molar-refractivity contribution in [3.05, 3.63) is 223 Å². The molecule has 9 rings (SSSR count). The molecule has 0 unspecified atom stereocenters. The van der Waals surface area contributed by atoms with E-state index in [-0.39, 0.29) is 28.2 Å². The molecule has 0 aliphatic heterocycles. The van der Waals surface area contributed by atoms with Gasteiger partial charge in [-0.25, -0.2) is 0 Å². The zero-order valence-corrected chi connectivity index (χ0v) is 32.9. The molecular weight excluding hydrogens is 839 g/mol. The molecular formula is C50H33IO7. The Balaban J connectivity index is 1.25. The second-order valence-electron chi connectivity index (χ2n) is 13.0. The van der Waals surface area contributed by atoms with Crippen molar-refractivity contribution in [1.29, 1.82) is 0 Å². The number of hydrogen-bond donors (Lipinski definition) is 0. The van der Waals surface area contributed by atoms with E-state index < -0.39 is 26.2 Å². The van der Waals surface area contributed by atoms with Gasteiger partial charge in [-0.3, -0.25) is 0 Å². The van der Waals surface area contributed by atoms with Crippen LogP contribution in [0.5, 0.6) is 34.5 Å². The standard InChI is InChI=1S/C50H33IO7/c52-47-40-28-16-17-29-43(40)57-44-31-30-36(32-41(44)47)51(35-20-8-2-9-21-35)58-50(53)42-33-45(54-37-22-10-3-11-23-37)48(55-38-24-12-4-13-25-38)49(56-39-26-14-5-15-27-39)46(42)34-18-6-1-7-19-34/h1-33H. The summed E-state index contributed by atoms with van der Waals surface area (Å²) < 4.78 is 34.5. The number of fused-ring (bicyclic) bond motifs is 2. The Hall–Kier alpha value is -7.17. The number of halogens is 1. The van der Waals surface area contributed by atoms with E-state index in [0.717, 1.165) is 7.14 Å². The van der Waals surface area contributed by atoms with Crippen molar-refractivity contribution in [1.82, 2.24) is 0 Å². The Morgan fingerprint density at radius 2 is 0.983 bits per heavy atom. The van der Waals surface area contributed by atoms with Crippen LogP contribution in [0.25, 0.3) is 33.1 Å². The fourth-order valence-corrected chi connectivity index (χ4v) is 10.5. The van der Waals surface area contributed by atoms with Gasteiger partial charge in [-0.1, -0.05) is 0 Å². The number of hydrogen-bond acceptors (Lipinski definition) is 7. The molecule has 0 aliphatic rings. The molecule has 0 saturated heterocycles. The average Bonchev–Trinajstić information content (AvgIpc) is 3.28. The van der Waals surface area contributed by atoms with Crippen molar-refractivity contribution < 1.29 is 26.5 Å². The second kappa shape index (κ2) is 16.5. The monoisotopic (exact) mass is 872 g/mol. The van der Waals surface area contributed by atoms with Crippen LogP contribution in [-0.2, 0) is 3.07 Å². The van der Waals surface area contributed by atoms with Crippen molar-refractivity contribution in [2.45, 2.75) is 0 Å². The van der Waals surface area contributed by atoms with Gasteiger partial charge in [-0.15, -0.1) is 0 Å². The van der Waals surface area contributed by atoms with E-state index in [9.17, 15) is 4.79 Å². The van der Waals surface area contributed by atoms with E-state index in [1.165, 1.54) is 0 Å². The van der Waals surface area contributed by atoms with Crippen LogP contribution in [0.15, 0.2) is 209 Å². The van der Waals surface area contributed by atoms with E-state index >= 15 is 4.79 Å². The molecule has 0 N–H and O–H groups in total. The molecule has 7 nitrogen and oxygen atoms in total. The molecule has 1 aromatic heterocycles. The van der Waals surface area contributed by atoms with Gasteiger partial charge in [0.2, 0.25) is 0 Å². The Morgan fingerprint density at radius 1 is 0.466 bits per heavy atom. The molecule has 9 aromatic rings. The molecule has 8 heteroatoms. The first-order valence-corrected chi connectivity index (χ1v) is 21.5. The summed E-state index contributed by atoms with van der Waals surface area (Å²) in [4.78, 5) is 29.0. The molecule has 0 saturated carbocycles. The van der Waals surface area contributed by atoms with Crippen LogP contribution in [0.4, 0.5) is 0 Å². The Labute approximate surface area is 341 Å². The summed E-state index contributed by atoms with van der Waals surface area (Å²) in [7, 11) is 0. The van der Waals surface area contributed by atoms with Crippen LogP contribution >= 0.6 is 20.2 Å². The van der Waals surface area contributed by atoms with Crippen molar-refractivity contribution in [2.75, 3.05) is 0 Å². The van der Waals surface area contributed by atoms with E-state index in [1.54, 1.807) is 24.3 Å². The van der Waals surface area contributed by atoms with Crippen LogP contribution in [-0.4, -0.2) is 5.97 Å². The fourth-order valence-electron chi connectivity index (χ4n) is 6.51. The average molecular weight is 873 g/mol. The second-order valence-corrected chi connectivity index (χ2v) is 17.4. The Kier molecular flexibility index (Phi) is 10.4. The van der Waals surface area contributed by atoms with Gasteiger partial charge in [0.25, 0.3) is 0 Å². The minimum absolute atomic E-state index is 0.153. The SMILES string of the molecule is O=C(OI(c1ccccc1)c1ccc2oc3ccccc3c(=O)c2c1)c1cc(Oc2ccccc2)c(Oc2ccccc2)c(Oc2ccccc2)c1-c1ccccc1. The molecule has 58 heavy (non-hydrogen) atoms. The molecule has 0 atom stereocenters. The van der Waals surface area contributed by atoms with Gasteiger partial charge >= 0.3 is 343 Å². The first-order chi connectivity index (χ1) is 28.6. The van der Waals surface area contributed by atoms with Crippen molar-refractivity contribution in [2.24, 2.45) is 0 Å². The van der Waals surface area contributed by atoms with Crippen LogP contribution < -0.4 is 19.6 Å². The van der Waals surface area contributed by atoms with Gasteiger partial charge in [0.15, 0.2) is 0 Å². The molecule has 0 aliphatic carbocycles. The maximum atomic E-state index is 15.2. The molecule has 8 aromatic carbocycles. The Morgan fingerprint density at radius 3 is 1.62 bits per heavy atom. The number of benzene rings is 8. The third-order valence-electron chi connectivity index (χ3n) is 9.20. The quantitative estimate of drug-likeness (QED) is 0.0945. The normalized spacial score (nSPS) is 11.2. The summed E-state index contributed by atoms with van der Waals surface area (Å²) in [6.07, 6.45) is 0. The van der Waals surface area contributed by atoms with Gasteiger partial charge in [0.05, 0.1) is 0 Å². The molecule has 282 valence electrons. The van der Waals surface area contributed by atoms with E-state index in [4.69, 9.17) is 21.7 Å². The van der Waals surface area contributed by atoms with Crippen LogP contribution in [0, 0.1) is 7.14 Å². The van der Waals surface area contributed by atoms with Crippen molar-refractivity contribution >= 4 is 48.1 Å². The van der Waals surface area contributed by atoms with Crippen molar-refractivity contribution in [3.63, 3.8) is 0 Å². The zero-order chi connectivity index (χ0) is 39.3. The topological polar surface area (TPSA) is 84.2 Å². The van der Waals surface area contributed by atoms with Gasteiger partial charge in [-0.2, -0.15) is 0 Å². The third-order valence-corrected chi connectivity index (χ3v) is 13.7. The minimum atomic E-state index is -3.11. The number of ether oxygens (including phenoxy) is 3. The van der Waals surface area contributed by atoms with E-state index in [0.29, 0.717) is 50.3 Å². The molecule has 1 heterocycles. The number of carbonyl (C=O) groups excluding carboxylic acids is 1. The number of para-hydroxylation sites is 4. The predicted molar refractivity (Wildman–Crippen MR) is 235 cm³/mol. The summed E-state index contributed by atoms with van der Waals surface area (Å²) in [6.45, 7) is 0. The van der Waals surface area contributed by atoms with Crippen LogP contribution in [0.1, 0.15) is 10.4 Å². The number of carbonyl (C=O) groups is 1. The maximum absolute atomic E-state index is 15.2. The molecule has 0 amide bonds. The van der Waals surface area contributed by atoms with Gasteiger partial charge in [-0.05, 0) is 0 Å². The summed E-state index contributed by atoms with van der Waals surface area (Å²) in [5, 5.41) is 0.890. The van der Waals surface area contributed by atoms with Crippen LogP contribution in [0.2, 0.25) is 0 Å². The summed E-state index contributed by atoms with van der Waals surface area (Å²) in [6, 6.07) is 61.4. The van der Waals surface area contributed by atoms with Crippen molar-refractivity contribution in [3.8, 4) is 45.6 Å². The zero-order valence-electron chi connectivity index (χ0n) is 30.8. The summed E-state index contributed by atoms with van der Waals surface area (Å²) in [5.41, 5.74) is 2.16. The first-order valence-electron chi connectivity index (χ1n) is 18.5. The number of rotatable bonds is 11. The predicted octanol–water partition coefficient (Wildman–Crippen LogP) is 13.3. The molecule has 0 fully saturated rings.